The van der Waals surface area contributed by atoms with Crippen LogP contribution in [0.4, 0.5) is 11.9 Å². The van der Waals surface area contributed by atoms with Gasteiger partial charge in [0.1, 0.15) is 52.8 Å². The Morgan fingerprint density at radius 3 is 1.12 bits per heavy atom. The number of hydrogen-bond donors (Lipinski definition) is 20. The zero-order valence-electron chi connectivity index (χ0n) is 76.9. The Balaban J connectivity index is 0.0000240. The van der Waals surface area contributed by atoms with Crippen molar-refractivity contribution in [3.05, 3.63) is 174 Å². The minimum atomic E-state index is -5.31. The number of sulfonamides is 2. The van der Waals surface area contributed by atoms with Gasteiger partial charge in [0.05, 0.1) is 47.0 Å². The third-order valence-corrected chi connectivity index (χ3v) is 27.1. The summed E-state index contributed by atoms with van der Waals surface area (Å²) in [7, 11) is -19.6. The summed E-state index contributed by atoms with van der Waals surface area (Å²) in [6.45, 7) is 3.59. The molecule has 20 N–H and O–H groups in total. The van der Waals surface area contributed by atoms with Crippen LogP contribution in [0.15, 0.2) is 117 Å². The van der Waals surface area contributed by atoms with Crippen LogP contribution in [0.2, 0.25) is 0 Å². The molecule has 140 heavy (non-hydrogen) atoms. The number of fused-ring (bicyclic) bond motifs is 2. The third kappa shape index (κ3) is 34.2. The van der Waals surface area contributed by atoms with E-state index in [4.69, 9.17) is 0 Å². The summed E-state index contributed by atoms with van der Waals surface area (Å²) in [4.78, 5) is 210. The Labute approximate surface area is 827 Å². The number of carboxylic acids is 5. The normalized spacial score (nSPS) is 14.5. The van der Waals surface area contributed by atoms with Crippen molar-refractivity contribution in [1.29, 1.82) is 0 Å². The molecule has 0 bridgehead atoms. The summed E-state index contributed by atoms with van der Waals surface area (Å²) in [5.41, 5.74) is 1.31. The van der Waals surface area contributed by atoms with Crippen LogP contribution in [0, 0.1) is 41.5 Å². The average molecular weight is 2110 g/mol. The van der Waals surface area contributed by atoms with Gasteiger partial charge >= 0.3 is 29.8 Å². The fourth-order valence-corrected chi connectivity index (χ4v) is 20.4. The molecule has 5 atom stereocenters. The number of nitrogens with one attached hydrogen (secondary N) is 13. The van der Waals surface area contributed by atoms with Crippen LogP contribution in [-0.4, -0.2) is 335 Å². The van der Waals surface area contributed by atoms with Gasteiger partial charge in [0.2, 0.25) is 60.4 Å². The van der Waals surface area contributed by atoms with Gasteiger partial charge in [-0.15, -0.1) is 0 Å². The number of pyridine rings is 2. The first-order chi connectivity index (χ1) is 65.4. The smallest absolute Gasteiger partial charge is 0.323 e. The predicted molar refractivity (Wildman–Crippen MR) is 499 cm³/mol. The monoisotopic (exact) mass is 2110 g/mol. The topological polar surface area (TPSA) is 730 Å². The zero-order valence-corrected chi connectivity index (χ0v) is 83.0. The van der Waals surface area contributed by atoms with E-state index in [1.807, 2.05) is 0 Å². The van der Waals surface area contributed by atoms with E-state index in [0.717, 1.165) is 23.5 Å². The first kappa shape index (κ1) is 113. The van der Waals surface area contributed by atoms with Gasteiger partial charge in [-0.25, -0.2) is 26.8 Å². The van der Waals surface area contributed by atoms with E-state index in [1.54, 1.807) is 74.8 Å². The van der Waals surface area contributed by atoms with Crippen LogP contribution in [0.1, 0.15) is 90.9 Å². The molecule has 1 saturated heterocycles. The second kappa shape index (κ2) is 51.1. The van der Waals surface area contributed by atoms with E-state index in [-0.39, 0.29) is 156 Å². The molecule has 5 heterocycles. The number of rotatable bonds is 49. The number of aliphatic carboxylic acids is 5. The fourth-order valence-electron chi connectivity index (χ4n) is 15.8. The average Bonchev–Trinajstić information content (AvgIpc) is 0.870. The first-order valence-electron chi connectivity index (χ1n) is 43.3. The number of aromatic nitrogens is 6. The Kier molecular flexibility index (Phi) is 41.2. The van der Waals surface area contributed by atoms with E-state index < -0.39 is 240 Å². The second-order valence-corrected chi connectivity index (χ2v) is 39.5. The van der Waals surface area contributed by atoms with Gasteiger partial charge in [-0.2, -0.15) is 26.3 Å². The van der Waals surface area contributed by atoms with E-state index in [1.165, 1.54) is 81.0 Å². The summed E-state index contributed by atoms with van der Waals surface area (Å²) in [6.07, 6.45) is 6.08. The van der Waals surface area contributed by atoms with Crippen LogP contribution >= 0.6 is 0 Å². The molecule has 0 spiro atoms. The van der Waals surface area contributed by atoms with Gasteiger partial charge in [0.25, 0.3) is 32.1 Å². The number of carbonyl (C=O) groups is 12. The number of nitrogens with zero attached hydrogens (tertiary/aromatic N) is 8. The molecule has 8 aromatic rings. The number of H-pyrrole nitrogens is 2. The van der Waals surface area contributed by atoms with Crippen molar-refractivity contribution in [3.63, 3.8) is 0 Å². The van der Waals surface area contributed by atoms with Crippen LogP contribution in [0.25, 0.3) is 21.8 Å². The van der Waals surface area contributed by atoms with E-state index in [9.17, 15) is 135 Å². The van der Waals surface area contributed by atoms with E-state index in [0.29, 0.717) is 45.3 Å². The number of benzene rings is 4. The second-order valence-electron chi connectivity index (χ2n) is 33.2. The Morgan fingerprint density at radius 1 is 0.436 bits per heavy atom. The predicted octanol–water partition coefficient (Wildman–Crippen LogP) is -2.64. The number of aryl methyl sites for hydroxylation is 8. The fraction of sp³-hybridized carbons (Fsp3) is 0.435. The van der Waals surface area contributed by atoms with E-state index >= 15 is 0 Å². The Morgan fingerprint density at radius 2 is 0.786 bits per heavy atom. The molecule has 1 aliphatic heterocycles. The van der Waals surface area contributed by atoms with Crippen LogP contribution in [0.5, 0.6) is 0 Å². The van der Waals surface area contributed by atoms with Gasteiger partial charge in [0.15, 0.2) is 11.9 Å². The number of hydrogen-bond acceptors (Lipinski definition) is 30. The van der Waals surface area contributed by atoms with Gasteiger partial charge < -0.3 is 92.5 Å². The maximum Gasteiger partial charge on any atom is 0.323 e. The van der Waals surface area contributed by atoms with Gasteiger partial charge in [-0.1, -0.05) is 47.5 Å². The Bertz CT molecular complexity index is 6450. The molecule has 0 saturated carbocycles. The number of amides is 7. The Hall–Kier alpha value is -12.5. The molecular weight excluding hydrogens is 2000 g/mol. The number of anilines is 2. The van der Waals surface area contributed by atoms with Gasteiger partial charge in [-0.05, 0) is 118 Å². The molecule has 50 nitrogen and oxygen atoms in total. The summed E-state index contributed by atoms with van der Waals surface area (Å²) >= 11 is 0. The summed E-state index contributed by atoms with van der Waals surface area (Å²) in [6, 6.07) is 4.86. The molecule has 7 amide bonds. The quantitative estimate of drug-likeness (QED) is 0.0137. The van der Waals surface area contributed by atoms with Crippen molar-refractivity contribution >= 4 is 145 Å². The molecule has 4 aromatic carbocycles. The third-order valence-electron chi connectivity index (χ3n) is 22.0. The number of aromatic amines is 2. The minimum absolute atomic E-state index is 0. The van der Waals surface area contributed by atoms with Gasteiger partial charge in [0, 0.05) is 192 Å². The maximum absolute atomic E-state index is 14.9. The van der Waals surface area contributed by atoms with Crippen LogP contribution in [0.3, 0.4) is 0 Å². The first-order valence-corrected chi connectivity index (χ1v) is 49.5. The molecular formula is C85H111N21O29S4Y. The molecule has 55 heteroatoms. The summed E-state index contributed by atoms with van der Waals surface area (Å²) < 4.78 is 133. The minimum Gasteiger partial charge on any atom is -0.480 e. The standard InChI is InChI=1S/C85H111N21O29S4.Y/c1-49-31-51(3)75(52(4)32-49)138(132,133)99-62(82(122)123)39-92-77(117)59-41-105(66-35-55(9-11-57(66)73(59)115)37-94-84-88-17-18-89-84)21-7-15-86-79(119)64(47-136(126,127)128)97-68(107)14-13-61(96-69(108)43-101-23-25-102(44-70(109)110)27-29-104(46-72(113)114)30-28-103(26-24-101)45-71(111)112)81(121)98-65(48-137(129,130)131)80(120)87-16-8-22-106-42-60(74(116)58-12-10-56(36-67(58)106)38-95-85-90-19-20-91-85)78(118)93-40-63(83(124)125)100-139(134,135)76-53(5)33-50(2)34-54(76)6;/h9-12,17-20,31-36,41-42,61-65,99-100H,7-8,13-16,21-30,37-40,43-48H2,1-6H3,(H,86,119)(H,87,120)(H,92,117)(H,93,118)(H,96,108)(H,97,107)(H,98,121)(H,109,110)(H,111,112)(H,113,114)(H,122,123)(H,124,125)(H2,88,89,94)(H2,90,91,95)(H,126,127,128)(H,129,130,131);/i;1+1. The van der Waals surface area contributed by atoms with Crippen LogP contribution in [-0.2, 0) is 147 Å². The largest absolute Gasteiger partial charge is 0.480 e. The molecule has 4 aromatic heterocycles. The molecule has 9 rings (SSSR count). The van der Waals surface area contributed by atoms with Crippen molar-refractivity contribution in [2.24, 2.45) is 0 Å². The van der Waals surface area contributed by atoms with Crippen molar-refractivity contribution in [1.82, 2.24) is 95.3 Å². The van der Waals surface area contributed by atoms with Crippen molar-refractivity contribution < 1.29 is 159 Å². The number of imidazole rings is 2. The number of carboxylic acid groups (broad SMARTS) is 5. The molecule has 1 radical (unpaired) electrons. The van der Waals surface area contributed by atoms with Crippen molar-refractivity contribution in [2.75, 3.05) is 127 Å². The molecule has 1 fully saturated rings. The van der Waals surface area contributed by atoms with Crippen molar-refractivity contribution in [2.45, 2.75) is 133 Å². The van der Waals surface area contributed by atoms with Crippen molar-refractivity contribution in [3.8, 4) is 0 Å². The summed E-state index contributed by atoms with van der Waals surface area (Å²) in [5.74, 6) is -18.3. The maximum atomic E-state index is 14.9. The molecule has 757 valence electrons. The zero-order chi connectivity index (χ0) is 102. The molecule has 5 unspecified atom stereocenters. The molecule has 0 aliphatic carbocycles. The van der Waals surface area contributed by atoms with Gasteiger partial charge in [-0.3, -0.25) is 95.8 Å². The SMILES string of the molecule is Cc1cc(C)c(S(=O)(=O)NC(CNC(=O)c2cn(CCCNC(=O)C(CS(=O)(=O)O)NC(=O)CCC(NC(=O)CN3CCN(CC(=O)O)CCN(CC(=O)O)CCN(CC(=O)O)CC3)C(=O)NC(CS(=O)(=O)O)C(=O)NCCCn3cc(C(=O)NCC(NS(=O)(=O)c4c(C)cc(C)cc4C)C(=O)O)c(=O)c4ccc(CNc5ncc[nH]5)cc43)c3cc(CNc4ncc[nH]4)ccc3c2=O)C(=O)O)c(C)c1.[90Y]. The van der Waals surface area contributed by atoms with E-state index in [2.05, 4.69) is 77.2 Å². The summed E-state index contributed by atoms with van der Waals surface area (Å²) in [5, 5.41) is 72.1. The molecule has 1 aliphatic rings. The van der Waals surface area contributed by atoms with Crippen LogP contribution < -0.4 is 68.2 Å². The number of carbonyl (C=O) groups excluding carboxylic acids is 7.